The van der Waals surface area contributed by atoms with Gasteiger partial charge >= 0.3 is 0 Å². The molecule has 21 heavy (non-hydrogen) atoms. The van der Waals surface area contributed by atoms with Gasteiger partial charge in [0.25, 0.3) is 0 Å². The Hall–Kier alpha value is -2.67. The standard InChI is InChI=1S/C14H11N5OS/c15-13(19-20)11-6-3-7-12(18-11)21-14-9-4-1-2-5-10(9)16-8-17-14/h1-8,20H,(H2,15,19). The minimum atomic E-state index is -0.0232. The quantitative estimate of drug-likeness (QED) is 0.253. The number of aromatic nitrogens is 3. The molecule has 0 saturated carbocycles. The molecule has 0 spiro atoms. The van der Waals surface area contributed by atoms with E-state index in [1.165, 1.54) is 18.1 Å². The van der Waals surface area contributed by atoms with Crippen LogP contribution in [-0.4, -0.2) is 26.0 Å². The lowest BCUT2D eigenvalue weighted by molar-refractivity contribution is 0.318. The van der Waals surface area contributed by atoms with E-state index in [0.29, 0.717) is 10.7 Å². The number of amidine groups is 1. The first-order valence-electron chi connectivity index (χ1n) is 6.10. The summed E-state index contributed by atoms with van der Waals surface area (Å²) in [4.78, 5) is 12.9. The molecule has 6 nitrogen and oxygen atoms in total. The highest BCUT2D eigenvalue weighted by Crippen LogP contribution is 2.29. The summed E-state index contributed by atoms with van der Waals surface area (Å²) in [6.07, 6.45) is 1.53. The number of pyridine rings is 1. The van der Waals surface area contributed by atoms with Gasteiger partial charge in [-0.05, 0) is 30.0 Å². The second-order valence-electron chi connectivity index (χ2n) is 4.14. The van der Waals surface area contributed by atoms with Crippen LogP contribution in [0.5, 0.6) is 0 Å². The van der Waals surface area contributed by atoms with Gasteiger partial charge in [-0.25, -0.2) is 15.0 Å². The third kappa shape index (κ3) is 2.77. The van der Waals surface area contributed by atoms with Crippen molar-refractivity contribution >= 4 is 28.5 Å². The average molecular weight is 297 g/mol. The van der Waals surface area contributed by atoms with Crippen LogP contribution in [-0.2, 0) is 0 Å². The Kier molecular flexibility index (Phi) is 3.65. The molecule has 0 fully saturated rings. The summed E-state index contributed by atoms with van der Waals surface area (Å²) < 4.78 is 0. The third-order valence-corrected chi connectivity index (χ3v) is 3.76. The largest absolute Gasteiger partial charge is 0.409 e. The summed E-state index contributed by atoms with van der Waals surface area (Å²) >= 11 is 1.40. The predicted octanol–water partition coefficient (Wildman–Crippen LogP) is 2.27. The van der Waals surface area contributed by atoms with E-state index in [1.807, 2.05) is 30.3 Å². The SMILES string of the molecule is NC(=NO)c1cccc(Sc2ncnc3ccccc23)n1. The van der Waals surface area contributed by atoms with Crippen molar-refractivity contribution in [2.24, 2.45) is 10.9 Å². The van der Waals surface area contributed by atoms with Gasteiger partial charge in [0.1, 0.15) is 22.1 Å². The minimum Gasteiger partial charge on any atom is -0.409 e. The van der Waals surface area contributed by atoms with Crippen LogP contribution < -0.4 is 5.73 Å². The molecule has 0 radical (unpaired) electrons. The number of hydrogen-bond donors (Lipinski definition) is 2. The van der Waals surface area contributed by atoms with Gasteiger partial charge in [-0.1, -0.05) is 29.4 Å². The molecular formula is C14H11N5OS. The smallest absolute Gasteiger partial charge is 0.188 e. The van der Waals surface area contributed by atoms with E-state index in [1.54, 1.807) is 12.1 Å². The summed E-state index contributed by atoms with van der Waals surface area (Å²) in [5.41, 5.74) is 6.84. The monoisotopic (exact) mass is 297 g/mol. The Morgan fingerprint density at radius 1 is 1.10 bits per heavy atom. The number of oxime groups is 1. The number of nitrogens with two attached hydrogens (primary N) is 1. The maximum atomic E-state index is 8.71. The van der Waals surface area contributed by atoms with E-state index in [0.717, 1.165) is 15.9 Å². The van der Waals surface area contributed by atoms with Crippen LogP contribution in [0.4, 0.5) is 0 Å². The molecule has 3 aromatic rings. The number of nitrogens with zero attached hydrogens (tertiary/aromatic N) is 4. The van der Waals surface area contributed by atoms with Crippen LogP contribution in [0, 0.1) is 0 Å². The number of benzene rings is 1. The van der Waals surface area contributed by atoms with Crippen LogP contribution in [0.2, 0.25) is 0 Å². The lowest BCUT2D eigenvalue weighted by Gasteiger charge is -2.05. The third-order valence-electron chi connectivity index (χ3n) is 2.80. The molecule has 0 aliphatic heterocycles. The molecule has 3 rings (SSSR count). The topological polar surface area (TPSA) is 97.3 Å². The molecule has 0 bridgehead atoms. The summed E-state index contributed by atoms with van der Waals surface area (Å²) in [6.45, 7) is 0. The van der Waals surface area contributed by atoms with Crippen LogP contribution in [0.1, 0.15) is 5.69 Å². The normalized spacial score (nSPS) is 11.7. The van der Waals surface area contributed by atoms with E-state index in [2.05, 4.69) is 20.1 Å². The van der Waals surface area contributed by atoms with E-state index < -0.39 is 0 Å². The summed E-state index contributed by atoms with van der Waals surface area (Å²) in [7, 11) is 0. The van der Waals surface area contributed by atoms with Crippen molar-refractivity contribution in [2.75, 3.05) is 0 Å². The van der Waals surface area contributed by atoms with Crippen LogP contribution in [0.3, 0.4) is 0 Å². The zero-order valence-corrected chi connectivity index (χ0v) is 11.7. The van der Waals surface area contributed by atoms with Crippen molar-refractivity contribution in [3.05, 3.63) is 54.5 Å². The fourth-order valence-electron chi connectivity index (χ4n) is 1.83. The summed E-state index contributed by atoms with van der Waals surface area (Å²) in [5.74, 6) is -0.0232. The van der Waals surface area contributed by atoms with Crippen LogP contribution in [0.15, 0.2) is 64.0 Å². The second-order valence-corrected chi connectivity index (χ2v) is 5.15. The maximum Gasteiger partial charge on any atom is 0.188 e. The van der Waals surface area contributed by atoms with E-state index >= 15 is 0 Å². The molecule has 0 saturated heterocycles. The highest BCUT2D eigenvalue weighted by atomic mass is 32.2. The zero-order valence-electron chi connectivity index (χ0n) is 10.8. The Morgan fingerprint density at radius 3 is 2.81 bits per heavy atom. The van der Waals surface area contributed by atoms with E-state index in [-0.39, 0.29) is 5.84 Å². The van der Waals surface area contributed by atoms with Gasteiger partial charge in [-0.15, -0.1) is 0 Å². The van der Waals surface area contributed by atoms with Gasteiger partial charge in [0.05, 0.1) is 5.52 Å². The summed E-state index contributed by atoms with van der Waals surface area (Å²) in [6, 6.07) is 13.1. The molecule has 0 aliphatic carbocycles. The number of rotatable bonds is 3. The van der Waals surface area contributed by atoms with Gasteiger partial charge in [-0.3, -0.25) is 0 Å². The van der Waals surface area contributed by atoms with Crippen molar-refractivity contribution in [1.82, 2.24) is 15.0 Å². The molecule has 104 valence electrons. The molecule has 0 aliphatic rings. The zero-order chi connectivity index (χ0) is 14.7. The van der Waals surface area contributed by atoms with E-state index in [9.17, 15) is 0 Å². The predicted molar refractivity (Wildman–Crippen MR) is 80.4 cm³/mol. The second kappa shape index (κ2) is 5.76. The molecule has 3 N–H and O–H groups in total. The Bertz CT molecular complexity index is 816. The molecule has 2 aromatic heterocycles. The van der Waals surface area contributed by atoms with Gasteiger partial charge in [0.2, 0.25) is 0 Å². The lowest BCUT2D eigenvalue weighted by atomic mass is 10.2. The van der Waals surface area contributed by atoms with Crippen molar-refractivity contribution in [2.45, 2.75) is 10.1 Å². The first-order chi connectivity index (χ1) is 10.3. The Labute approximate surface area is 124 Å². The molecule has 2 heterocycles. The van der Waals surface area contributed by atoms with Crippen molar-refractivity contribution in [3.63, 3.8) is 0 Å². The van der Waals surface area contributed by atoms with Gasteiger partial charge < -0.3 is 10.9 Å². The van der Waals surface area contributed by atoms with Gasteiger partial charge in [0, 0.05) is 5.39 Å². The first kappa shape index (κ1) is 13.3. The lowest BCUT2D eigenvalue weighted by Crippen LogP contribution is -2.14. The molecule has 0 unspecified atom stereocenters. The van der Waals surface area contributed by atoms with Gasteiger partial charge in [-0.2, -0.15) is 0 Å². The molecule has 7 heteroatoms. The van der Waals surface area contributed by atoms with E-state index in [4.69, 9.17) is 10.9 Å². The van der Waals surface area contributed by atoms with Crippen molar-refractivity contribution in [3.8, 4) is 0 Å². The number of para-hydroxylation sites is 1. The molecule has 0 atom stereocenters. The van der Waals surface area contributed by atoms with Crippen LogP contribution in [0.25, 0.3) is 10.9 Å². The highest BCUT2D eigenvalue weighted by Gasteiger charge is 2.08. The van der Waals surface area contributed by atoms with Crippen molar-refractivity contribution in [1.29, 1.82) is 0 Å². The Balaban J connectivity index is 1.99. The fraction of sp³-hybridized carbons (Fsp3) is 0. The first-order valence-corrected chi connectivity index (χ1v) is 6.92. The van der Waals surface area contributed by atoms with Crippen LogP contribution >= 0.6 is 11.8 Å². The maximum absolute atomic E-state index is 8.71. The van der Waals surface area contributed by atoms with Crippen molar-refractivity contribution < 1.29 is 5.21 Å². The Morgan fingerprint density at radius 2 is 1.95 bits per heavy atom. The number of fused-ring (bicyclic) bond motifs is 1. The van der Waals surface area contributed by atoms with Gasteiger partial charge in [0.15, 0.2) is 5.84 Å². The summed E-state index contributed by atoms with van der Waals surface area (Å²) in [5, 5.41) is 14.1. The molecule has 0 amide bonds. The minimum absolute atomic E-state index is 0.0232. The highest BCUT2D eigenvalue weighted by molar-refractivity contribution is 7.99. The number of hydrogen-bond acceptors (Lipinski definition) is 6. The average Bonchev–Trinajstić information content (AvgIpc) is 2.55. The molecule has 1 aromatic carbocycles. The fourth-order valence-corrected chi connectivity index (χ4v) is 2.70. The molecular weight excluding hydrogens is 286 g/mol.